The number of fused-ring (bicyclic) bond motifs is 2. The number of hydrogen-bond acceptors (Lipinski definition) is 3. The summed E-state index contributed by atoms with van der Waals surface area (Å²) < 4.78 is 4.86. The zero-order valence-electron chi connectivity index (χ0n) is 8.40. The van der Waals surface area contributed by atoms with Crippen molar-refractivity contribution in [1.29, 1.82) is 0 Å². The fourth-order valence-corrected chi connectivity index (χ4v) is 2.27. The van der Waals surface area contributed by atoms with Crippen molar-refractivity contribution in [2.45, 2.75) is 13.3 Å². The van der Waals surface area contributed by atoms with Gasteiger partial charge in [-0.25, -0.2) is 9.59 Å². The van der Waals surface area contributed by atoms with Gasteiger partial charge in [0, 0.05) is 11.8 Å². The Labute approximate surface area is 87.2 Å². The van der Waals surface area contributed by atoms with Gasteiger partial charge < -0.3 is 9.84 Å². The molecule has 2 rings (SSSR count). The van der Waals surface area contributed by atoms with E-state index >= 15 is 0 Å². The number of esters is 1. The molecule has 80 valence electrons. The molecule has 0 saturated heterocycles. The van der Waals surface area contributed by atoms with Crippen LogP contribution in [0.1, 0.15) is 13.3 Å². The highest BCUT2D eigenvalue weighted by molar-refractivity contribution is 6.02. The summed E-state index contributed by atoms with van der Waals surface area (Å²) in [6, 6.07) is 0. The van der Waals surface area contributed by atoms with Crippen LogP contribution in [0.3, 0.4) is 0 Å². The molecule has 0 aromatic rings. The molecule has 2 bridgehead atoms. The molecule has 1 N–H and O–H groups in total. The maximum Gasteiger partial charge on any atom is 0.335 e. The maximum absolute atomic E-state index is 11.6. The maximum atomic E-state index is 11.6. The van der Waals surface area contributed by atoms with Crippen molar-refractivity contribution in [2.75, 3.05) is 6.61 Å². The van der Waals surface area contributed by atoms with Crippen LogP contribution in [0.5, 0.6) is 0 Å². The zero-order valence-corrected chi connectivity index (χ0v) is 8.40. The lowest BCUT2D eigenvalue weighted by atomic mass is 9.97. The van der Waals surface area contributed by atoms with Crippen molar-refractivity contribution in [3.8, 4) is 0 Å². The average molecular weight is 208 g/mol. The molecule has 0 aliphatic heterocycles. The Morgan fingerprint density at radius 3 is 2.53 bits per heavy atom. The highest BCUT2D eigenvalue weighted by atomic mass is 16.5. The van der Waals surface area contributed by atoms with E-state index in [0.717, 1.165) is 0 Å². The predicted octanol–water partition coefficient (Wildman–Crippen LogP) is 1.14. The van der Waals surface area contributed by atoms with Gasteiger partial charge in [0.15, 0.2) is 0 Å². The number of aliphatic carboxylic acids is 1. The minimum absolute atomic E-state index is 0.0554. The van der Waals surface area contributed by atoms with Crippen molar-refractivity contribution in [3.63, 3.8) is 0 Å². The minimum Gasteiger partial charge on any atom is -0.478 e. The molecule has 0 amide bonds. The second-order valence-electron chi connectivity index (χ2n) is 3.69. The third-order valence-electron chi connectivity index (χ3n) is 2.84. The van der Waals surface area contributed by atoms with Crippen LogP contribution >= 0.6 is 0 Å². The lowest BCUT2D eigenvalue weighted by molar-refractivity contribution is -0.140. The van der Waals surface area contributed by atoms with E-state index in [2.05, 4.69) is 0 Å². The van der Waals surface area contributed by atoms with Crippen LogP contribution in [-0.2, 0) is 14.3 Å². The summed E-state index contributed by atoms with van der Waals surface area (Å²) in [6.45, 7) is 1.98. The summed E-state index contributed by atoms with van der Waals surface area (Å²) >= 11 is 0. The van der Waals surface area contributed by atoms with Gasteiger partial charge in [0.2, 0.25) is 0 Å². The SMILES string of the molecule is CCOC(=O)C1=C(C(=O)O)[C@@H]2C=C[C@H]1C2. The molecule has 0 fully saturated rings. The molecule has 0 saturated carbocycles. The minimum atomic E-state index is -1.00. The molecule has 2 aliphatic rings. The zero-order chi connectivity index (χ0) is 11.0. The molecule has 0 spiro atoms. The molecule has 0 unspecified atom stereocenters. The van der Waals surface area contributed by atoms with E-state index in [4.69, 9.17) is 9.84 Å². The van der Waals surface area contributed by atoms with Crippen molar-refractivity contribution in [3.05, 3.63) is 23.3 Å². The van der Waals surface area contributed by atoms with E-state index in [1.807, 2.05) is 12.2 Å². The molecule has 0 aromatic heterocycles. The fraction of sp³-hybridized carbons (Fsp3) is 0.455. The number of carbonyl (C=O) groups excluding carboxylic acids is 1. The van der Waals surface area contributed by atoms with Gasteiger partial charge in [-0.1, -0.05) is 12.2 Å². The highest BCUT2D eigenvalue weighted by Gasteiger charge is 2.42. The topological polar surface area (TPSA) is 63.6 Å². The molecule has 4 heteroatoms. The smallest absolute Gasteiger partial charge is 0.335 e. The Hall–Kier alpha value is -1.58. The Kier molecular flexibility index (Phi) is 2.34. The Morgan fingerprint density at radius 1 is 1.40 bits per heavy atom. The van der Waals surface area contributed by atoms with E-state index in [0.29, 0.717) is 12.0 Å². The number of carbonyl (C=O) groups is 2. The second-order valence-corrected chi connectivity index (χ2v) is 3.69. The Balaban J connectivity index is 2.34. The molecule has 4 nitrogen and oxygen atoms in total. The van der Waals surface area contributed by atoms with Gasteiger partial charge in [-0.2, -0.15) is 0 Å². The van der Waals surface area contributed by atoms with E-state index in [1.165, 1.54) is 0 Å². The Morgan fingerprint density at radius 2 is 2.00 bits per heavy atom. The Bertz CT molecular complexity index is 378. The number of rotatable bonds is 3. The lowest BCUT2D eigenvalue weighted by Crippen LogP contribution is -2.17. The molecular weight excluding hydrogens is 196 g/mol. The third kappa shape index (κ3) is 1.46. The van der Waals surface area contributed by atoms with E-state index < -0.39 is 11.9 Å². The lowest BCUT2D eigenvalue weighted by Gasteiger charge is -2.11. The van der Waals surface area contributed by atoms with Gasteiger partial charge in [0.05, 0.1) is 17.8 Å². The average Bonchev–Trinajstić information content (AvgIpc) is 2.76. The van der Waals surface area contributed by atoms with Gasteiger partial charge >= 0.3 is 11.9 Å². The van der Waals surface area contributed by atoms with Crippen LogP contribution in [0, 0.1) is 11.8 Å². The second kappa shape index (κ2) is 3.53. The van der Waals surface area contributed by atoms with Crippen LogP contribution in [0.2, 0.25) is 0 Å². The van der Waals surface area contributed by atoms with Gasteiger partial charge in [-0.3, -0.25) is 0 Å². The van der Waals surface area contributed by atoms with Gasteiger partial charge in [-0.05, 0) is 13.3 Å². The van der Waals surface area contributed by atoms with Crippen molar-refractivity contribution < 1.29 is 19.4 Å². The first-order valence-electron chi connectivity index (χ1n) is 4.98. The molecule has 15 heavy (non-hydrogen) atoms. The fourth-order valence-electron chi connectivity index (χ4n) is 2.27. The van der Waals surface area contributed by atoms with E-state index in [-0.39, 0.29) is 24.0 Å². The summed E-state index contributed by atoms with van der Waals surface area (Å²) in [7, 11) is 0. The number of carboxylic acid groups (broad SMARTS) is 1. The van der Waals surface area contributed by atoms with Gasteiger partial charge in [0.1, 0.15) is 0 Å². The summed E-state index contributed by atoms with van der Waals surface area (Å²) in [5, 5.41) is 9.02. The first-order chi connectivity index (χ1) is 7.15. The highest BCUT2D eigenvalue weighted by Crippen LogP contribution is 2.44. The number of hydrogen-bond donors (Lipinski definition) is 1. The summed E-state index contributed by atoms with van der Waals surface area (Å²) in [6.07, 6.45) is 4.45. The summed E-state index contributed by atoms with van der Waals surface area (Å²) in [5.41, 5.74) is 0.567. The largest absolute Gasteiger partial charge is 0.478 e. The molecule has 0 aromatic carbocycles. The van der Waals surface area contributed by atoms with Gasteiger partial charge in [0.25, 0.3) is 0 Å². The summed E-state index contributed by atoms with van der Waals surface area (Å²) in [5.74, 6) is -1.64. The van der Waals surface area contributed by atoms with Crippen molar-refractivity contribution in [1.82, 2.24) is 0 Å². The third-order valence-corrected chi connectivity index (χ3v) is 2.84. The van der Waals surface area contributed by atoms with Crippen molar-refractivity contribution >= 4 is 11.9 Å². The number of carboxylic acids is 1. The summed E-state index contributed by atoms with van der Waals surface area (Å²) in [4.78, 5) is 22.6. The quantitative estimate of drug-likeness (QED) is 0.558. The molecule has 2 aliphatic carbocycles. The van der Waals surface area contributed by atoms with Gasteiger partial charge in [-0.15, -0.1) is 0 Å². The van der Waals surface area contributed by atoms with Crippen molar-refractivity contribution in [2.24, 2.45) is 11.8 Å². The van der Waals surface area contributed by atoms with Crippen LogP contribution in [-0.4, -0.2) is 23.7 Å². The van der Waals surface area contributed by atoms with Crippen LogP contribution < -0.4 is 0 Å². The molecule has 0 heterocycles. The van der Waals surface area contributed by atoms with E-state index in [1.54, 1.807) is 6.92 Å². The first kappa shape index (κ1) is 9.96. The molecular formula is C11H12O4. The number of allylic oxidation sites excluding steroid dienone is 2. The van der Waals surface area contributed by atoms with Crippen LogP contribution in [0.4, 0.5) is 0 Å². The predicted molar refractivity (Wildman–Crippen MR) is 52.0 cm³/mol. The molecule has 2 atom stereocenters. The number of ether oxygens (including phenoxy) is 1. The van der Waals surface area contributed by atoms with E-state index in [9.17, 15) is 9.59 Å². The standard InChI is InChI=1S/C11H12O4/c1-2-15-11(14)9-7-4-3-6(5-7)8(9)10(12)13/h3-4,6-7H,2,5H2,1H3,(H,12,13)/t6-,7+/m1/s1. The normalized spacial score (nSPS) is 27.3. The van der Waals surface area contributed by atoms with Crippen LogP contribution in [0.15, 0.2) is 23.3 Å². The van der Waals surface area contributed by atoms with Crippen LogP contribution in [0.25, 0.3) is 0 Å². The first-order valence-corrected chi connectivity index (χ1v) is 4.98. The monoisotopic (exact) mass is 208 g/mol. The molecule has 0 radical (unpaired) electrons.